The predicted octanol–water partition coefficient (Wildman–Crippen LogP) is 2.22. The van der Waals surface area contributed by atoms with Crippen LogP contribution in [0.25, 0.3) is 0 Å². The van der Waals surface area contributed by atoms with E-state index in [0.29, 0.717) is 6.04 Å². The molecule has 0 aliphatic heterocycles. The van der Waals surface area contributed by atoms with Gasteiger partial charge in [0.2, 0.25) is 0 Å². The Hall–Kier alpha value is -1.51. The highest BCUT2D eigenvalue weighted by atomic mass is 16.5. The molecule has 0 saturated heterocycles. The summed E-state index contributed by atoms with van der Waals surface area (Å²) in [5.74, 6) is 1.64. The summed E-state index contributed by atoms with van der Waals surface area (Å²) in [7, 11) is 1.66. The van der Waals surface area contributed by atoms with Crippen molar-refractivity contribution in [2.24, 2.45) is 0 Å². The lowest BCUT2D eigenvalue weighted by molar-refractivity contribution is 0.414. The van der Waals surface area contributed by atoms with Crippen molar-refractivity contribution in [2.45, 2.75) is 18.9 Å². The molecule has 2 rings (SSSR count). The number of nitrogens with one attached hydrogen (secondary N) is 1. The molecule has 0 spiro atoms. The third-order valence-corrected chi connectivity index (χ3v) is 2.34. The Morgan fingerprint density at radius 3 is 2.93 bits per heavy atom. The van der Waals surface area contributed by atoms with Crippen molar-refractivity contribution in [3.8, 4) is 5.75 Å². The SMILES string of the molecule is COc1cccnc1NC1CC=CC1. The molecule has 1 N–H and O–H groups in total. The monoisotopic (exact) mass is 190 g/mol. The van der Waals surface area contributed by atoms with Crippen LogP contribution in [0, 0.1) is 0 Å². The zero-order valence-corrected chi connectivity index (χ0v) is 8.23. The van der Waals surface area contributed by atoms with Crippen molar-refractivity contribution < 1.29 is 4.74 Å². The van der Waals surface area contributed by atoms with Gasteiger partial charge in [-0.1, -0.05) is 12.2 Å². The van der Waals surface area contributed by atoms with Gasteiger partial charge in [-0.3, -0.25) is 0 Å². The fourth-order valence-corrected chi connectivity index (χ4v) is 1.59. The standard InChI is InChI=1S/C11H14N2O/c1-14-10-7-4-8-12-11(10)13-9-5-2-3-6-9/h2-4,7-9H,5-6H2,1H3,(H,12,13). The number of hydrogen-bond acceptors (Lipinski definition) is 3. The van der Waals surface area contributed by atoms with Crippen LogP contribution >= 0.6 is 0 Å². The minimum atomic E-state index is 0.471. The van der Waals surface area contributed by atoms with Crippen LogP contribution in [0.4, 0.5) is 5.82 Å². The molecule has 0 amide bonds. The molecule has 0 bridgehead atoms. The molecule has 0 radical (unpaired) electrons. The summed E-state index contributed by atoms with van der Waals surface area (Å²) in [5, 5.41) is 3.36. The number of methoxy groups -OCH3 is 1. The fraction of sp³-hybridized carbons (Fsp3) is 0.364. The highest BCUT2D eigenvalue weighted by Crippen LogP contribution is 2.23. The second kappa shape index (κ2) is 4.13. The topological polar surface area (TPSA) is 34.1 Å². The Kier molecular flexibility index (Phi) is 2.68. The van der Waals surface area contributed by atoms with Crippen LogP contribution in [0.2, 0.25) is 0 Å². The molecule has 3 heteroatoms. The van der Waals surface area contributed by atoms with Crippen molar-refractivity contribution in [1.29, 1.82) is 0 Å². The van der Waals surface area contributed by atoms with Gasteiger partial charge < -0.3 is 10.1 Å². The van der Waals surface area contributed by atoms with Gasteiger partial charge in [0.25, 0.3) is 0 Å². The minimum absolute atomic E-state index is 0.471. The first-order chi connectivity index (χ1) is 6.90. The first-order valence-corrected chi connectivity index (χ1v) is 4.80. The fourth-order valence-electron chi connectivity index (χ4n) is 1.59. The van der Waals surface area contributed by atoms with E-state index in [9.17, 15) is 0 Å². The van der Waals surface area contributed by atoms with Gasteiger partial charge in [0, 0.05) is 12.2 Å². The Labute approximate surface area is 83.8 Å². The molecule has 0 saturated carbocycles. The highest BCUT2D eigenvalue weighted by molar-refractivity contribution is 5.50. The van der Waals surface area contributed by atoms with Crippen molar-refractivity contribution in [3.05, 3.63) is 30.5 Å². The lowest BCUT2D eigenvalue weighted by Crippen LogP contribution is -2.16. The molecule has 1 aromatic rings. The lowest BCUT2D eigenvalue weighted by Gasteiger charge is -2.14. The number of nitrogens with zero attached hydrogens (tertiary/aromatic N) is 1. The van der Waals surface area contributed by atoms with Gasteiger partial charge in [-0.05, 0) is 25.0 Å². The van der Waals surface area contributed by atoms with E-state index >= 15 is 0 Å². The van der Waals surface area contributed by atoms with E-state index in [0.717, 1.165) is 24.4 Å². The van der Waals surface area contributed by atoms with Gasteiger partial charge >= 0.3 is 0 Å². The van der Waals surface area contributed by atoms with Crippen LogP contribution in [0.3, 0.4) is 0 Å². The second-order valence-corrected chi connectivity index (χ2v) is 3.34. The zero-order valence-electron chi connectivity index (χ0n) is 8.23. The maximum Gasteiger partial charge on any atom is 0.168 e. The quantitative estimate of drug-likeness (QED) is 0.742. The van der Waals surface area contributed by atoms with Crippen LogP contribution < -0.4 is 10.1 Å². The van der Waals surface area contributed by atoms with Crippen molar-refractivity contribution >= 4 is 5.82 Å². The van der Waals surface area contributed by atoms with Gasteiger partial charge in [-0.15, -0.1) is 0 Å². The van der Waals surface area contributed by atoms with E-state index in [1.165, 1.54) is 0 Å². The van der Waals surface area contributed by atoms with Crippen molar-refractivity contribution in [2.75, 3.05) is 12.4 Å². The normalized spacial score (nSPS) is 15.8. The van der Waals surface area contributed by atoms with E-state index in [4.69, 9.17) is 4.74 Å². The van der Waals surface area contributed by atoms with Crippen molar-refractivity contribution in [3.63, 3.8) is 0 Å². The van der Waals surface area contributed by atoms with Gasteiger partial charge in [0.05, 0.1) is 7.11 Å². The molecule has 74 valence electrons. The smallest absolute Gasteiger partial charge is 0.168 e. The molecule has 0 fully saturated rings. The average molecular weight is 190 g/mol. The Morgan fingerprint density at radius 1 is 1.43 bits per heavy atom. The van der Waals surface area contributed by atoms with Gasteiger partial charge in [-0.25, -0.2) is 4.98 Å². The number of hydrogen-bond donors (Lipinski definition) is 1. The van der Waals surface area contributed by atoms with E-state index in [2.05, 4.69) is 22.5 Å². The third kappa shape index (κ3) is 1.87. The number of rotatable bonds is 3. The molecule has 3 nitrogen and oxygen atoms in total. The maximum atomic E-state index is 5.21. The average Bonchev–Trinajstić information content (AvgIpc) is 2.71. The minimum Gasteiger partial charge on any atom is -0.493 e. The molecule has 14 heavy (non-hydrogen) atoms. The van der Waals surface area contributed by atoms with Crippen LogP contribution in [0.5, 0.6) is 5.75 Å². The molecule has 1 heterocycles. The summed E-state index contributed by atoms with van der Waals surface area (Å²) in [6.07, 6.45) is 8.28. The molecule has 1 aromatic heterocycles. The highest BCUT2D eigenvalue weighted by Gasteiger charge is 2.12. The molecular weight excluding hydrogens is 176 g/mol. The third-order valence-electron chi connectivity index (χ3n) is 2.34. The summed E-state index contributed by atoms with van der Waals surface area (Å²) in [5.41, 5.74) is 0. The lowest BCUT2D eigenvalue weighted by atomic mass is 10.2. The Bertz CT molecular complexity index is 328. The predicted molar refractivity (Wildman–Crippen MR) is 56.6 cm³/mol. The second-order valence-electron chi connectivity index (χ2n) is 3.34. The van der Waals surface area contributed by atoms with E-state index < -0.39 is 0 Å². The molecule has 0 unspecified atom stereocenters. The first kappa shape index (κ1) is 9.06. The molecule has 1 aliphatic carbocycles. The summed E-state index contributed by atoms with van der Waals surface area (Å²) in [6, 6.07) is 4.26. The largest absolute Gasteiger partial charge is 0.493 e. The molecule has 1 aliphatic rings. The van der Waals surface area contributed by atoms with E-state index in [1.807, 2.05) is 12.1 Å². The first-order valence-electron chi connectivity index (χ1n) is 4.80. The summed E-state index contributed by atoms with van der Waals surface area (Å²) >= 11 is 0. The van der Waals surface area contributed by atoms with Crippen LogP contribution in [-0.4, -0.2) is 18.1 Å². The van der Waals surface area contributed by atoms with Crippen LogP contribution in [0.1, 0.15) is 12.8 Å². The number of ether oxygens (including phenoxy) is 1. The van der Waals surface area contributed by atoms with Gasteiger partial charge in [-0.2, -0.15) is 0 Å². The molecule has 0 atom stereocenters. The van der Waals surface area contributed by atoms with Crippen LogP contribution in [-0.2, 0) is 0 Å². The molecular formula is C11H14N2O. The Morgan fingerprint density at radius 2 is 2.21 bits per heavy atom. The number of aromatic nitrogens is 1. The maximum absolute atomic E-state index is 5.21. The van der Waals surface area contributed by atoms with E-state index in [1.54, 1.807) is 13.3 Å². The summed E-state index contributed by atoms with van der Waals surface area (Å²) in [4.78, 5) is 4.25. The summed E-state index contributed by atoms with van der Waals surface area (Å²) < 4.78 is 5.21. The van der Waals surface area contributed by atoms with Gasteiger partial charge in [0.15, 0.2) is 11.6 Å². The van der Waals surface area contributed by atoms with Crippen LogP contribution in [0.15, 0.2) is 30.5 Å². The van der Waals surface area contributed by atoms with Gasteiger partial charge in [0.1, 0.15) is 0 Å². The van der Waals surface area contributed by atoms with Crippen molar-refractivity contribution in [1.82, 2.24) is 4.98 Å². The van der Waals surface area contributed by atoms with E-state index in [-0.39, 0.29) is 0 Å². The Balaban J connectivity index is 2.07. The summed E-state index contributed by atoms with van der Waals surface area (Å²) in [6.45, 7) is 0. The zero-order chi connectivity index (χ0) is 9.80. The number of pyridine rings is 1. The number of anilines is 1. The molecule has 0 aromatic carbocycles.